The van der Waals surface area contributed by atoms with Crippen LogP contribution in [0.5, 0.6) is 0 Å². The fraction of sp³-hybridized carbons (Fsp3) is 0.375. The molecule has 0 amide bonds. The molecule has 4 heteroatoms. The smallest absolute Gasteiger partial charge is 0.311 e. The number of benzene rings is 1. The van der Waals surface area contributed by atoms with Gasteiger partial charge in [-0.05, 0) is 32.1 Å². The second-order valence-electron chi connectivity index (χ2n) is 4.34. The Kier molecular flexibility index (Phi) is 4.28. The molecule has 1 aromatic heterocycles. The van der Waals surface area contributed by atoms with Gasteiger partial charge in [-0.3, -0.25) is 0 Å². The zero-order valence-electron chi connectivity index (χ0n) is 12.5. The van der Waals surface area contributed by atoms with Crippen molar-refractivity contribution in [2.45, 2.75) is 19.8 Å². The second kappa shape index (κ2) is 5.79. The molecule has 0 aliphatic heterocycles. The first-order valence-corrected chi connectivity index (χ1v) is 6.47. The van der Waals surface area contributed by atoms with E-state index in [2.05, 4.69) is 0 Å². The van der Waals surface area contributed by atoms with Gasteiger partial charge in [-0.2, -0.15) is 0 Å². The zero-order valence-corrected chi connectivity index (χ0v) is 12.5. The lowest BCUT2D eigenvalue weighted by Crippen LogP contribution is -2.32. The quantitative estimate of drug-likeness (QED) is 0.802. The molecule has 2 aromatic rings. The van der Waals surface area contributed by atoms with E-state index >= 15 is 0 Å². The van der Waals surface area contributed by atoms with Gasteiger partial charge in [0.2, 0.25) is 0 Å². The molecule has 0 fully saturated rings. The summed E-state index contributed by atoms with van der Waals surface area (Å²) >= 11 is 0. The van der Waals surface area contributed by atoms with E-state index < -0.39 is 5.97 Å². The molecule has 1 heterocycles. The summed E-state index contributed by atoms with van der Waals surface area (Å²) in [5.74, 6) is -1.22. The lowest BCUT2D eigenvalue weighted by molar-refractivity contribution is -0.364. The van der Waals surface area contributed by atoms with Crippen LogP contribution in [-0.2, 0) is 20.2 Å². The monoisotopic (exact) mass is 276 g/mol. The van der Waals surface area contributed by atoms with Crippen molar-refractivity contribution in [3.8, 4) is 0 Å². The average molecular weight is 276 g/mol. The van der Waals surface area contributed by atoms with Crippen LogP contribution in [-0.4, -0.2) is 21.3 Å². The standard InChI is InChI=1S/C16H20O4/c1-6-12-13-9-8-11(16(17-3,18-4)19-5)10-15(13)20-14(12)7-2/h6-10H,1-5H3/b12-6-,14-7+. The molecule has 0 unspecified atom stereocenters. The highest BCUT2D eigenvalue weighted by Gasteiger charge is 2.32. The maximum Gasteiger partial charge on any atom is 0.311 e. The summed E-state index contributed by atoms with van der Waals surface area (Å²) in [5.41, 5.74) is 2.38. The Bertz CT molecular complexity index is 700. The highest BCUT2D eigenvalue weighted by Crippen LogP contribution is 2.28. The molecule has 108 valence electrons. The third-order valence-electron chi connectivity index (χ3n) is 3.47. The molecule has 1 aromatic carbocycles. The van der Waals surface area contributed by atoms with Crippen molar-refractivity contribution in [3.63, 3.8) is 0 Å². The highest BCUT2D eigenvalue weighted by molar-refractivity contribution is 5.79. The Morgan fingerprint density at radius 2 is 1.65 bits per heavy atom. The minimum atomic E-state index is -1.22. The number of furan rings is 1. The Morgan fingerprint density at radius 3 is 2.15 bits per heavy atom. The molecule has 0 atom stereocenters. The average Bonchev–Trinajstić information content (AvgIpc) is 2.86. The molecular formula is C16H20O4. The molecule has 0 saturated heterocycles. The summed E-state index contributed by atoms with van der Waals surface area (Å²) in [7, 11) is 4.61. The van der Waals surface area contributed by atoms with Gasteiger partial charge in [-0.1, -0.05) is 12.1 Å². The predicted octanol–water partition coefficient (Wildman–Crippen LogP) is 2.08. The van der Waals surface area contributed by atoms with Crippen LogP contribution in [0.4, 0.5) is 0 Å². The highest BCUT2D eigenvalue weighted by atomic mass is 16.9. The van der Waals surface area contributed by atoms with Crippen LogP contribution in [0.25, 0.3) is 23.1 Å². The molecule has 0 bridgehead atoms. The predicted molar refractivity (Wildman–Crippen MR) is 78.4 cm³/mol. The first-order chi connectivity index (χ1) is 9.65. The van der Waals surface area contributed by atoms with Crippen LogP contribution < -0.4 is 10.6 Å². The first-order valence-electron chi connectivity index (χ1n) is 6.47. The van der Waals surface area contributed by atoms with Crippen molar-refractivity contribution in [3.05, 3.63) is 34.4 Å². The van der Waals surface area contributed by atoms with E-state index in [-0.39, 0.29) is 0 Å². The summed E-state index contributed by atoms with van der Waals surface area (Å²) in [5, 5.41) is 2.15. The Balaban J connectivity index is 2.73. The van der Waals surface area contributed by atoms with Gasteiger partial charge in [0.15, 0.2) is 0 Å². The van der Waals surface area contributed by atoms with Crippen molar-refractivity contribution in [1.29, 1.82) is 0 Å². The van der Waals surface area contributed by atoms with Gasteiger partial charge in [0.05, 0.1) is 0 Å². The molecule has 0 N–H and O–H groups in total. The van der Waals surface area contributed by atoms with E-state index in [0.717, 1.165) is 27.2 Å². The summed E-state index contributed by atoms with van der Waals surface area (Å²) < 4.78 is 21.9. The Labute approximate surface area is 118 Å². The number of ether oxygens (including phenoxy) is 3. The number of hydrogen-bond acceptors (Lipinski definition) is 4. The van der Waals surface area contributed by atoms with Crippen LogP contribution in [0.1, 0.15) is 19.4 Å². The minimum Gasteiger partial charge on any atom is -0.456 e. The van der Waals surface area contributed by atoms with Crippen molar-refractivity contribution < 1.29 is 18.6 Å². The van der Waals surface area contributed by atoms with Crippen LogP contribution in [0.3, 0.4) is 0 Å². The molecule has 0 spiro atoms. The third-order valence-corrected chi connectivity index (χ3v) is 3.47. The molecule has 0 aliphatic rings. The molecule has 0 radical (unpaired) electrons. The SMILES string of the molecule is C/C=c1\c(=C/C)oc2cc(C(OC)(OC)OC)ccc12. The fourth-order valence-electron chi connectivity index (χ4n) is 2.44. The van der Waals surface area contributed by atoms with E-state index in [1.54, 1.807) is 0 Å². The summed E-state index contributed by atoms with van der Waals surface area (Å²) in [6.45, 7) is 3.95. The molecular weight excluding hydrogens is 256 g/mol. The molecule has 4 nitrogen and oxygen atoms in total. The Hall–Kier alpha value is -1.62. The van der Waals surface area contributed by atoms with Crippen molar-refractivity contribution >= 4 is 23.1 Å². The zero-order chi connectivity index (χ0) is 14.8. The lowest BCUT2D eigenvalue weighted by Gasteiger charge is -2.28. The van der Waals surface area contributed by atoms with E-state index in [4.69, 9.17) is 18.6 Å². The number of hydrogen-bond donors (Lipinski definition) is 0. The molecule has 0 aliphatic carbocycles. The van der Waals surface area contributed by atoms with Crippen LogP contribution in [0.15, 0.2) is 22.6 Å². The van der Waals surface area contributed by atoms with E-state index in [0.29, 0.717) is 0 Å². The molecule has 2 rings (SSSR count). The normalized spacial score (nSPS) is 14.4. The summed E-state index contributed by atoms with van der Waals surface area (Å²) in [6.07, 6.45) is 3.99. The summed E-state index contributed by atoms with van der Waals surface area (Å²) in [6, 6.07) is 5.79. The van der Waals surface area contributed by atoms with Crippen molar-refractivity contribution in [2.24, 2.45) is 0 Å². The van der Waals surface area contributed by atoms with E-state index in [9.17, 15) is 0 Å². The largest absolute Gasteiger partial charge is 0.456 e. The topological polar surface area (TPSA) is 40.8 Å². The number of rotatable bonds is 4. The van der Waals surface area contributed by atoms with Crippen molar-refractivity contribution in [2.75, 3.05) is 21.3 Å². The van der Waals surface area contributed by atoms with Crippen LogP contribution in [0, 0.1) is 0 Å². The van der Waals surface area contributed by atoms with E-state index in [1.165, 1.54) is 21.3 Å². The van der Waals surface area contributed by atoms with Gasteiger partial charge in [0, 0.05) is 37.5 Å². The number of fused-ring (bicyclic) bond motifs is 1. The van der Waals surface area contributed by atoms with Gasteiger partial charge in [-0.15, -0.1) is 0 Å². The third kappa shape index (κ3) is 2.16. The summed E-state index contributed by atoms with van der Waals surface area (Å²) in [4.78, 5) is 0. The van der Waals surface area contributed by atoms with Crippen LogP contribution in [0.2, 0.25) is 0 Å². The number of methoxy groups -OCH3 is 3. The molecule has 20 heavy (non-hydrogen) atoms. The molecule has 0 saturated carbocycles. The maximum atomic E-state index is 5.86. The minimum absolute atomic E-state index is 0.747. The van der Waals surface area contributed by atoms with Gasteiger partial charge in [-0.25, -0.2) is 0 Å². The van der Waals surface area contributed by atoms with E-state index in [1.807, 2.05) is 44.2 Å². The maximum absolute atomic E-state index is 5.86. The second-order valence-corrected chi connectivity index (χ2v) is 4.34. The van der Waals surface area contributed by atoms with Crippen molar-refractivity contribution in [1.82, 2.24) is 0 Å². The Morgan fingerprint density at radius 1 is 1.00 bits per heavy atom. The van der Waals surface area contributed by atoms with Gasteiger partial charge in [0.25, 0.3) is 0 Å². The van der Waals surface area contributed by atoms with Gasteiger partial charge < -0.3 is 18.6 Å². The lowest BCUT2D eigenvalue weighted by atomic mass is 10.1. The first kappa shape index (κ1) is 14.8. The van der Waals surface area contributed by atoms with Crippen LogP contribution >= 0.6 is 0 Å². The van der Waals surface area contributed by atoms with Gasteiger partial charge in [0.1, 0.15) is 11.0 Å². The fourth-order valence-corrected chi connectivity index (χ4v) is 2.44. The van der Waals surface area contributed by atoms with Gasteiger partial charge >= 0.3 is 5.97 Å².